The number of nitrogens with one attached hydrogen (secondary N) is 1. The van der Waals surface area contributed by atoms with E-state index in [0.717, 1.165) is 26.9 Å². The molecule has 4 heteroatoms. The summed E-state index contributed by atoms with van der Waals surface area (Å²) in [5.41, 5.74) is 2.01. The van der Waals surface area contributed by atoms with Gasteiger partial charge in [-0.25, -0.2) is 4.98 Å². The summed E-state index contributed by atoms with van der Waals surface area (Å²) >= 11 is 3.37. The van der Waals surface area contributed by atoms with E-state index in [2.05, 4.69) is 25.9 Å². The number of H-pyrrole nitrogens is 1. The van der Waals surface area contributed by atoms with Crippen LogP contribution in [0.15, 0.2) is 16.9 Å². The highest BCUT2D eigenvalue weighted by atomic mass is 79.9. The first kappa shape index (κ1) is 9.52. The molecule has 14 heavy (non-hydrogen) atoms. The third kappa shape index (κ3) is 1.50. The molecule has 0 atom stereocenters. The molecule has 0 saturated heterocycles. The minimum absolute atomic E-state index is 0.673. The lowest BCUT2D eigenvalue weighted by atomic mass is 10.2. The van der Waals surface area contributed by atoms with E-state index < -0.39 is 0 Å². The van der Waals surface area contributed by atoms with Crippen molar-refractivity contribution in [3.8, 4) is 5.75 Å². The molecule has 0 amide bonds. The molecule has 0 aliphatic heterocycles. The van der Waals surface area contributed by atoms with E-state index in [1.165, 1.54) is 0 Å². The van der Waals surface area contributed by atoms with Gasteiger partial charge < -0.3 is 9.72 Å². The second kappa shape index (κ2) is 3.61. The van der Waals surface area contributed by atoms with Gasteiger partial charge in [0.1, 0.15) is 10.4 Å². The van der Waals surface area contributed by atoms with Crippen molar-refractivity contribution >= 4 is 26.8 Å². The van der Waals surface area contributed by atoms with Crippen LogP contribution < -0.4 is 4.74 Å². The number of halogens is 1. The normalized spacial score (nSPS) is 10.8. The van der Waals surface area contributed by atoms with Crippen molar-refractivity contribution in [2.45, 2.75) is 13.8 Å². The molecule has 0 saturated carbocycles. The zero-order chi connectivity index (χ0) is 10.1. The molecule has 2 heterocycles. The molecule has 2 aromatic rings. The first-order valence-corrected chi connectivity index (χ1v) is 5.28. The minimum Gasteiger partial charge on any atom is -0.492 e. The standard InChI is InChI=1S/C10H11BrN2O/c1-3-14-8-5-12-10-6(2)13-9(11)4-7(8)10/h4-5,12H,3H2,1-2H3. The fourth-order valence-corrected chi connectivity index (χ4v) is 2.00. The third-order valence-corrected chi connectivity index (χ3v) is 2.49. The van der Waals surface area contributed by atoms with Gasteiger partial charge in [0, 0.05) is 11.6 Å². The largest absolute Gasteiger partial charge is 0.492 e. The molecule has 74 valence electrons. The Bertz CT molecular complexity index is 464. The van der Waals surface area contributed by atoms with E-state index in [-0.39, 0.29) is 0 Å². The van der Waals surface area contributed by atoms with Crippen molar-refractivity contribution in [3.05, 3.63) is 22.6 Å². The summed E-state index contributed by atoms with van der Waals surface area (Å²) in [5, 5.41) is 1.08. The van der Waals surface area contributed by atoms with Crippen molar-refractivity contribution in [3.63, 3.8) is 0 Å². The number of fused-ring (bicyclic) bond motifs is 1. The smallest absolute Gasteiger partial charge is 0.144 e. The van der Waals surface area contributed by atoms with Crippen LogP contribution in [0.4, 0.5) is 0 Å². The topological polar surface area (TPSA) is 37.9 Å². The molecule has 0 radical (unpaired) electrons. The highest BCUT2D eigenvalue weighted by Gasteiger charge is 2.08. The van der Waals surface area contributed by atoms with Crippen LogP contribution in [0.5, 0.6) is 5.75 Å². The number of aromatic amines is 1. The van der Waals surface area contributed by atoms with Gasteiger partial charge in [0.15, 0.2) is 0 Å². The Morgan fingerprint density at radius 2 is 2.36 bits per heavy atom. The van der Waals surface area contributed by atoms with E-state index in [9.17, 15) is 0 Å². The molecule has 2 aromatic heterocycles. The number of nitrogens with zero attached hydrogens (tertiary/aromatic N) is 1. The summed E-state index contributed by atoms with van der Waals surface area (Å²) in [7, 11) is 0. The molecular weight excluding hydrogens is 244 g/mol. The zero-order valence-corrected chi connectivity index (χ0v) is 9.68. The SMILES string of the molecule is CCOc1c[nH]c2c(C)nc(Br)cc12. The fraction of sp³-hybridized carbons (Fsp3) is 0.300. The van der Waals surface area contributed by atoms with Crippen LogP contribution in [-0.4, -0.2) is 16.6 Å². The molecule has 0 aliphatic carbocycles. The van der Waals surface area contributed by atoms with Gasteiger partial charge in [-0.3, -0.25) is 0 Å². The maximum Gasteiger partial charge on any atom is 0.144 e. The molecule has 0 aromatic carbocycles. The first-order chi connectivity index (χ1) is 6.72. The Labute approximate surface area is 90.6 Å². The lowest BCUT2D eigenvalue weighted by Crippen LogP contribution is -1.90. The number of aryl methyl sites for hydroxylation is 1. The van der Waals surface area contributed by atoms with E-state index in [1.807, 2.05) is 26.1 Å². The number of ether oxygens (including phenoxy) is 1. The van der Waals surface area contributed by atoms with Crippen LogP contribution in [0, 0.1) is 6.92 Å². The predicted octanol–water partition coefficient (Wildman–Crippen LogP) is 3.03. The molecular formula is C10H11BrN2O. The quantitative estimate of drug-likeness (QED) is 0.837. The van der Waals surface area contributed by atoms with Crippen LogP contribution in [-0.2, 0) is 0 Å². The maximum atomic E-state index is 5.49. The fourth-order valence-electron chi connectivity index (χ4n) is 1.50. The maximum absolute atomic E-state index is 5.49. The van der Waals surface area contributed by atoms with E-state index >= 15 is 0 Å². The van der Waals surface area contributed by atoms with Gasteiger partial charge in [0.25, 0.3) is 0 Å². The van der Waals surface area contributed by atoms with Gasteiger partial charge >= 0.3 is 0 Å². The second-order valence-electron chi connectivity index (χ2n) is 3.04. The molecule has 0 unspecified atom stereocenters. The summed E-state index contributed by atoms with van der Waals surface area (Å²) in [6.07, 6.45) is 1.87. The molecule has 0 aliphatic rings. The Morgan fingerprint density at radius 3 is 3.07 bits per heavy atom. The number of hydrogen-bond donors (Lipinski definition) is 1. The molecule has 1 N–H and O–H groups in total. The molecule has 0 fully saturated rings. The second-order valence-corrected chi connectivity index (χ2v) is 3.85. The van der Waals surface area contributed by atoms with Gasteiger partial charge in [-0.2, -0.15) is 0 Å². The van der Waals surface area contributed by atoms with E-state index in [4.69, 9.17) is 4.74 Å². The summed E-state index contributed by atoms with van der Waals surface area (Å²) in [6, 6.07) is 1.96. The van der Waals surface area contributed by atoms with Crippen LogP contribution >= 0.6 is 15.9 Å². The molecule has 2 rings (SSSR count). The zero-order valence-electron chi connectivity index (χ0n) is 8.10. The first-order valence-electron chi connectivity index (χ1n) is 4.49. The van der Waals surface area contributed by atoms with Gasteiger partial charge in [-0.15, -0.1) is 0 Å². The average molecular weight is 255 g/mol. The summed E-state index contributed by atoms with van der Waals surface area (Å²) < 4.78 is 6.33. The lowest BCUT2D eigenvalue weighted by molar-refractivity contribution is 0.344. The predicted molar refractivity (Wildman–Crippen MR) is 59.7 cm³/mol. The van der Waals surface area contributed by atoms with Crippen LogP contribution in [0.1, 0.15) is 12.6 Å². The Balaban J connectivity index is 2.66. The van der Waals surface area contributed by atoms with Gasteiger partial charge in [-0.05, 0) is 35.8 Å². The molecule has 0 spiro atoms. The highest BCUT2D eigenvalue weighted by Crippen LogP contribution is 2.28. The van der Waals surface area contributed by atoms with Crippen molar-refractivity contribution in [1.82, 2.24) is 9.97 Å². The average Bonchev–Trinajstić information content (AvgIpc) is 2.49. The number of aromatic nitrogens is 2. The monoisotopic (exact) mass is 254 g/mol. The minimum atomic E-state index is 0.673. The summed E-state index contributed by atoms with van der Waals surface area (Å²) in [4.78, 5) is 7.47. The van der Waals surface area contributed by atoms with Crippen molar-refractivity contribution < 1.29 is 4.74 Å². The van der Waals surface area contributed by atoms with Gasteiger partial charge in [0.2, 0.25) is 0 Å². The van der Waals surface area contributed by atoms with E-state index in [1.54, 1.807) is 0 Å². The van der Waals surface area contributed by atoms with Crippen molar-refractivity contribution in [2.75, 3.05) is 6.61 Å². The van der Waals surface area contributed by atoms with Gasteiger partial charge in [0.05, 0.1) is 17.8 Å². The van der Waals surface area contributed by atoms with Crippen LogP contribution in [0.3, 0.4) is 0 Å². The summed E-state index contributed by atoms with van der Waals surface area (Å²) in [6.45, 7) is 4.62. The van der Waals surface area contributed by atoms with Crippen LogP contribution in [0.2, 0.25) is 0 Å². The van der Waals surface area contributed by atoms with Crippen molar-refractivity contribution in [1.29, 1.82) is 0 Å². The highest BCUT2D eigenvalue weighted by molar-refractivity contribution is 9.10. The Hall–Kier alpha value is -1.03. The third-order valence-electron chi connectivity index (χ3n) is 2.08. The number of rotatable bonds is 2. The van der Waals surface area contributed by atoms with Crippen LogP contribution in [0.25, 0.3) is 10.9 Å². The Morgan fingerprint density at radius 1 is 1.57 bits per heavy atom. The van der Waals surface area contributed by atoms with Crippen molar-refractivity contribution in [2.24, 2.45) is 0 Å². The summed E-state index contributed by atoms with van der Waals surface area (Å²) in [5.74, 6) is 0.883. The number of pyridine rings is 1. The lowest BCUT2D eigenvalue weighted by Gasteiger charge is -2.01. The van der Waals surface area contributed by atoms with E-state index in [0.29, 0.717) is 6.61 Å². The van der Waals surface area contributed by atoms with Gasteiger partial charge in [-0.1, -0.05) is 0 Å². The molecule has 0 bridgehead atoms. The Kier molecular flexibility index (Phi) is 2.46. The molecule has 3 nitrogen and oxygen atoms in total. The number of hydrogen-bond acceptors (Lipinski definition) is 2.